The van der Waals surface area contributed by atoms with Crippen molar-refractivity contribution in [1.82, 2.24) is 19.8 Å². The standard InChI is InChI=1S/C15H24N4O3/c1-22-11-14(20)19-7-3-15(21)2-6-18(8-12(15)9-19)10-13-16-4-5-17-13/h4-5,12,21H,2-3,6-11H2,1H3,(H,16,17)/t12-,15-/m1/s1. The number of nitrogens with zero attached hydrogens (tertiary/aromatic N) is 3. The van der Waals surface area contributed by atoms with Crippen LogP contribution in [0.1, 0.15) is 18.7 Å². The van der Waals surface area contributed by atoms with Crippen LogP contribution < -0.4 is 0 Å². The molecule has 22 heavy (non-hydrogen) atoms. The predicted molar refractivity (Wildman–Crippen MR) is 80.0 cm³/mol. The Kier molecular flexibility index (Phi) is 4.46. The fourth-order valence-electron chi connectivity index (χ4n) is 3.55. The minimum absolute atomic E-state index is 0.00714. The van der Waals surface area contributed by atoms with Gasteiger partial charge < -0.3 is 19.7 Å². The summed E-state index contributed by atoms with van der Waals surface area (Å²) in [4.78, 5) is 23.5. The third kappa shape index (κ3) is 3.16. The minimum atomic E-state index is -0.635. The van der Waals surface area contributed by atoms with Gasteiger partial charge in [0, 0.05) is 51.6 Å². The number of H-pyrrole nitrogens is 1. The van der Waals surface area contributed by atoms with Gasteiger partial charge in [0.15, 0.2) is 0 Å². The molecule has 0 aromatic carbocycles. The van der Waals surface area contributed by atoms with Gasteiger partial charge in [0.05, 0.1) is 12.1 Å². The largest absolute Gasteiger partial charge is 0.389 e. The fourth-order valence-corrected chi connectivity index (χ4v) is 3.55. The highest BCUT2D eigenvalue weighted by Crippen LogP contribution is 2.35. The summed E-state index contributed by atoms with van der Waals surface area (Å²) in [5.41, 5.74) is -0.635. The number of ether oxygens (including phenoxy) is 1. The van der Waals surface area contributed by atoms with E-state index in [1.165, 1.54) is 7.11 Å². The van der Waals surface area contributed by atoms with Crippen LogP contribution >= 0.6 is 0 Å². The zero-order valence-electron chi connectivity index (χ0n) is 13.0. The smallest absolute Gasteiger partial charge is 0.248 e. The van der Waals surface area contributed by atoms with Crippen molar-refractivity contribution in [2.45, 2.75) is 25.0 Å². The molecule has 0 spiro atoms. The molecule has 2 saturated heterocycles. The highest BCUT2D eigenvalue weighted by molar-refractivity contribution is 5.77. The Morgan fingerprint density at radius 1 is 1.50 bits per heavy atom. The number of methoxy groups -OCH3 is 1. The first-order valence-corrected chi connectivity index (χ1v) is 7.80. The van der Waals surface area contributed by atoms with Crippen LogP contribution in [0.2, 0.25) is 0 Å². The number of aliphatic hydroxyl groups is 1. The molecule has 3 rings (SSSR count). The molecule has 0 unspecified atom stereocenters. The van der Waals surface area contributed by atoms with Gasteiger partial charge in [-0.05, 0) is 12.8 Å². The SMILES string of the molecule is COCC(=O)N1CC[C@]2(O)CCN(Cc3ncc[nH]3)C[C@@H]2C1. The molecular weight excluding hydrogens is 284 g/mol. The average Bonchev–Trinajstić information content (AvgIpc) is 3.00. The maximum absolute atomic E-state index is 12.0. The van der Waals surface area contributed by atoms with Crippen LogP contribution in [0.15, 0.2) is 12.4 Å². The van der Waals surface area contributed by atoms with Gasteiger partial charge in [-0.1, -0.05) is 0 Å². The molecule has 122 valence electrons. The van der Waals surface area contributed by atoms with Crippen molar-refractivity contribution < 1.29 is 14.6 Å². The Balaban J connectivity index is 1.62. The number of imidazole rings is 1. The van der Waals surface area contributed by atoms with Crippen LogP contribution in [0, 0.1) is 5.92 Å². The van der Waals surface area contributed by atoms with E-state index in [1.807, 2.05) is 11.1 Å². The quantitative estimate of drug-likeness (QED) is 0.808. The second kappa shape index (κ2) is 6.36. The summed E-state index contributed by atoms with van der Waals surface area (Å²) < 4.78 is 4.93. The number of hydrogen-bond acceptors (Lipinski definition) is 5. The Bertz CT molecular complexity index is 507. The van der Waals surface area contributed by atoms with E-state index in [-0.39, 0.29) is 18.4 Å². The molecule has 0 aliphatic carbocycles. The lowest BCUT2D eigenvalue weighted by atomic mass is 9.75. The molecule has 1 aromatic heterocycles. The number of fused-ring (bicyclic) bond motifs is 1. The van der Waals surface area contributed by atoms with Crippen LogP contribution in [0.25, 0.3) is 0 Å². The molecule has 3 heterocycles. The van der Waals surface area contributed by atoms with Gasteiger partial charge in [0.1, 0.15) is 12.4 Å². The number of rotatable bonds is 4. The Morgan fingerprint density at radius 3 is 3.05 bits per heavy atom. The van der Waals surface area contributed by atoms with Crippen LogP contribution in [0.5, 0.6) is 0 Å². The number of likely N-dealkylation sites (tertiary alicyclic amines) is 2. The van der Waals surface area contributed by atoms with E-state index in [2.05, 4.69) is 14.9 Å². The third-order valence-electron chi connectivity index (χ3n) is 4.90. The second-order valence-corrected chi connectivity index (χ2v) is 6.34. The van der Waals surface area contributed by atoms with E-state index in [0.717, 1.165) is 31.9 Å². The number of piperidine rings is 2. The molecule has 0 saturated carbocycles. The highest BCUT2D eigenvalue weighted by Gasteiger charge is 2.45. The zero-order chi connectivity index (χ0) is 15.6. The van der Waals surface area contributed by atoms with Crippen molar-refractivity contribution in [2.24, 2.45) is 5.92 Å². The first-order valence-electron chi connectivity index (χ1n) is 7.80. The lowest BCUT2D eigenvalue weighted by Gasteiger charge is -2.50. The lowest BCUT2D eigenvalue weighted by molar-refractivity contribution is -0.150. The predicted octanol–water partition coefficient (Wildman–Crippen LogP) is -0.159. The monoisotopic (exact) mass is 308 g/mol. The molecule has 2 atom stereocenters. The number of nitrogens with one attached hydrogen (secondary N) is 1. The van der Waals surface area contributed by atoms with Crippen molar-refractivity contribution in [3.63, 3.8) is 0 Å². The molecule has 2 aliphatic rings. The van der Waals surface area contributed by atoms with Crippen molar-refractivity contribution in [3.8, 4) is 0 Å². The van der Waals surface area contributed by atoms with Crippen molar-refractivity contribution in [3.05, 3.63) is 18.2 Å². The maximum Gasteiger partial charge on any atom is 0.248 e. The first kappa shape index (κ1) is 15.5. The molecule has 2 fully saturated rings. The number of aromatic amines is 1. The molecule has 7 nitrogen and oxygen atoms in total. The highest BCUT2D eigenvalue weighted by atomic mass is 16.5. The van der Waals surface area contributed by atoms with E-state index in [0.29, 0.717) is 19.5 Å². The molecular formula is C15H24N4O3. The van der Waals surface area contributed by atoms with E-state index in [4.69, 9.17) is 4.74 Å². The Labute approximate surface area is 130 Å². The van der Waals surface area contributed by atoms with E-state index in [1.54, 1.807) is 6.20 Å². The number of carbonyl (C=O) groups excluding carboxylic acids is 1. The minimum Gasteiger partial charge on any atom is -0.389 e. The number of carbonyl (C=O) groups is 1. The van der Waals surface area contributed by atoms with Crippen LogP contribution in [-0.4, -0.2) is 76.3 Å². The van der Waals surface area contributed by atoms with Crippen molar-refractivity contribution in [1.29, 1.82) is 0 Å². The summed E-state index contributed by atoms with van der Waals surface area (Å²) in [7, 11) is 1.53. The van der Waals surface area contributed by atoms with E-state index < -0.39 is 5.60 Å². The molecule has 1 amide bonds. The summed E-state index contributed by atoms with van der Waals surface area (Å²) in [5, 5.41) is 10.8. The topological polar surface area (TPSA) is 81.7 Å². The van der Waals surface area contributed by atoms with Crippen LogP contribution in [0.4, 0.5) is 0 Å². The molecule has 7 heteroatoms. The third-order valence-corrected chi connectivity index (χ3v) is 4.90. The van der Waals surface area contributed by atoms with Crippen LogP contribution in [0.3, 0.4) is 0 Å². The summed E-state index contributed by atoms with van der Waals surface area (Å²) in [5.74, 6) is 1.03. The van der Waals surface area contributed by atoms with Gasteiger partial charge in [-0.15, -0.1) is 0 Å². The summed E-state index contributed by atoms with van der Waals surface area (Å²) in [6.07, 6.45) is 4.98. The molecule has 2 aliphatic heterocycles. The summed E-state index contributed by atoms with van der Waals surface area (Å²) in [6, 6.07) is 0. The Morgan fingerprint density at radius 2 is 2.32 bits per heavy atom. The summed E-state index contributed by atoms with van der Waals surface area (Å²) in [6.45, 7) is 3.74. The van der Waals surface area contributed by atoms with Gasteiger partial charge in [-0.25, -0.2) is 4.98 Å². The molecule has 0 bridgehead atoms. The zero-order valence-corrected chi connectivity index (χ0v) is 13.0. The van der Waals surface area contributed by atoms with E-state index in [9.17, 15) is 9.90 Å². The fraction of sp³-hybridized carbons (Fsp3) is 0.733. The lowest BCUT2D eigenvalue weighted by Crippen LogP contribution is -2.60. The summed E-state index contributed by atoms with van der Waals surface area (Å²) >= 11 is 0. The van der Waals surface area contributed by atoms with Gasteiger partial charge in [0.25, 0.3) is 0 Å². The van der Waals surface area contributed by atoms with Gasteiger partial charge in [-0.3, -0.25) is 9.69 Å². The number of hydrogen-bond donors (Lipinski definition) is 2. The molecule has 0 radical (unpaired) electrons. The first-order chi connectivity index (χ1) is 10.6. The van der Waals surface area contributed by atoms with Gasteiger partial charge in [-0.2, -0.15) is 0 Å². The van der Waals surface area contributed by atoms with E-state index >= 15 is 0 Å². The van der Waals surface area contributed by atoms with Gasteiger partial charge in [0.2, 0.25) is 5.91 Å². The average molecular weight is 308 g/mol. The Hall–Kier alpha value is -1.44. The molecule has 1 aromatic rings. The second-order valence-electron chi connectivity index (χ2n) is 6.34. The normalized spacial score (nSPS) is 29.4. The van der Waals surface area contributed by atoms with Crippen molar-refractivity contribution >= 4 is 5.91 Å². The maximum atomic E-state index is 12.0. The van der Waals surface area contributed by atoms with Crippen molar-refractivity contribution in [2.75, 3.05) is 39.9 Å². The molecule has 2 N–H and O–H groups in total. The number of amides is 1. The van der Waals surface area contributed by atoms with Crippen LogP contribution in [-0.2, 0) is 16.1 Å². The van der Waals surface area contributed by atoms with Gasteiger partial charge >= 0.3 is 0 Å². The number of aromatic nitrogens is 2.